The molecule has 1 aliphatic rings. The molecule has 0 aromatic rings. The van der Waals surface area contributed by atoms with E-state index >= 15 is 0 Å². The van der Waals surface area contributed by atoms with Crippen molar-refractivity contribution in [2.75, 3.05) is 39.9 Å². The van der Waals surface area contributed by atoms with Crippen LogP contribution in [0.15, 0.2) is 4.99 Å². The van der Waals surface area contributed by atoms with E-state index in [4.69, 9.17) is 4.74 Å². The Balaban J connectivity index is 2.08. The lowest BCUT2D eigenvalue weighted by Crippen LogP contribution is -2.41. The molecule has 3 N–H and O–H groups in total. The Bertz CT molecular complexity index is 317. The summed E-state index contributed by atoms with van der Waals surface area (Å²) >= 11 is 0. The third-order valence-corrected chi connectivity index (χ3v) is 3.29. The Morgan fingerprint density at radius 2 is 1.90 bits per heavy atom. The molecule has 122 valence electrons. The Labute approximate surface area is 128 Å². The summed E-state index contributed by atoms with van der Waals surface area (Å²) in [4.78, 5) is 16.0. The van der Waals surface area contributed by atoms with Gasteiger partial charge >= 0.3 is 0 Å². The molecule has 1 rings (SSSR count). The van der Waals surface area contributed by atoms with Crippen LogP contribution in [-0.2, 0) is 9.53 Å². The molecule has 0 unspecified atom stereocenters. The van der Waals surface area contributed by atoms with Gasteiger partial charge in [0.1, 0.15) is 0 Å². The number of nitrogens with zero attached hydrogens (tertiary/aromatic N) is 1. The molecular formula is C15H30N4O2. The molecule has 0 heterocycles. The van der Waals surface area contributed by atoms with Crippen LogP contribution in [0.25, 0.3) is 0 Å². The van der Waals surface area contributed by atoms with Gasteiger partial charge in [-0.2, -0.15) is 0 Å². The molecule has 0 saturated heterocycles. The summed E-state index contributed by atoms with van der Waals surface area (Å²) in [7, 11) is 1.73. The topological polar surface area (TPSA) is 74.8 Å². The van der Waals surface area contributed by atoms with Crippen molar-refractivity contribution in [2.24, 2.45) is 10.9 Å². The number of nitrogens with one attached hydrogen (secondary N) is 3. The molecule has 1 fully saturated rings. The average molecular weight is 298 g/mol. The molecule has 1 saturated carbocycles. The molecule has 6 heteroatoms. The Kier molecular flexibility index (Phi) is 9.61. The SMILES string of the molecule is CCNC(=NCCCCCOC)NCCNC(=O)C1CC1. The van der Waals surface area contributed by atoms with Crippen LogP contribution in [0.3, 0.4) is 0 Å². The number of ether oxygens (including phenoxy) is 1. The van der Waals surface area contributed by atoms with Crippen LogP contribution in [0, 0.1) is 5.92 Å². The van der Waals surface area contributed by atoms with E-state index in [-0.39, 0.29) is 11.8 Å². The number of carbonyl (C=O) groups excluding carboxylic acids is 1. The molecule has 21 heavy (non-hydrogen) atoms. The van der Waals surface area contributed by atoms with Crippen LogP contribution in [-0.4, -0.2) is 51.8 Å². The summed E-state index contributed by atoms with van der Waals surface area (Å²) < 4.78 is 5.02. The zero-order chi connectivity index (χ0) is 15.3. The fourth-order valence-corrected chi connectivity index (χ4v) is 1.92. The number of hydrogen-bond donors (Lipinski definition) is 3. The third-order valence-electron chi connectivity index (χ3n) is 3.29. The predicted octanol–water partition coefficient (Wildman–Crippen LogP) is 0.884. The molecule has 0 spiro atoms. The summed E-state index contributed by atoms with van der Waals surface area (Å²) in [6, 6.07) is 0. The quantitative estimate of drug-likeness (QED) is 0.301. The van der Waals surface area contributed by atoms with Crippen LogP contribution < -0.4 is 16.0 Å². The second-order valence-corrected chi connectivity index (χ2v) is 5.31. The minimum atomic E-state index is 0.192. The normalized spacial score (nSPS) is 14.9. The summed E-state index contributed by atoms with van der Waals surface area (Å²) in [6.07, 6.45) is 5.38. The van der Waals surface area contributed by atoms with Crippen molar-refractivity contribution in [3.8, 4) is 0 Å². The fourth-order valence-electron chi connectivity index (χ4n) is 1.92. The highest BCUT2D eigenvalue weighted by Crippen LogP contribution is 2.28. The maximum Gasteiger partial charge on any atom is 0.223 e. The van der Waals surface area contributed by atoms with Gasteiger partial charge < -0.3 is 20.7 Å². The second kappa shape index (κ2) is 11.4. The molecule has 0 aromatic heterocycles. The van der Waals surface area contributed by atoms with Crippen LogP contribution in [0.4, 0.5) is 0 Å². The fraction of sp³-hybridized carbons (Fsp3) is 0.867. The van der Waals surface area contributed by atoms with Gasteiger partial charge in [0.2, 0.25) is 5.91 Å². The molecule has 0 radical (unpaired) electrons. The molecule has 0 atom stereocenters. The monoisotopic (exact) mass is 298 g/mol. The van der Waals surface area contributed by atoms with E-state index in [1.165, 1.54) is 0 Å². The smallest absolute Gasteiger partial charge is 0.223 e. The number of guanidine groups is 1. The molecule has 0 aliphatic heterocycles. The third kappa shape index (κ3) is 9.28. The van der Waals surface area contributed by atoms with Gasteiger partial charge in [-0.25, -0.2) is 0 Å². The van der Waals surface area contributed by atoms with Crippen molar-refractivity contribution >= 4 is 11.9 Å². The lowest BCUT2D eigenvalue weighted by molar-refractivity contribution is -0.122. The van der Waals surface area contributed by atoms with Crippen LogP contribution in [0.1, 0.15) is 39.0 Å². The van der Waals surface area contributed by atoms with Crippen molar-refractivity contribution in [2.45, 2.75) is 39.0 Å². The van der Waals surface area contributed by atoms with E-state index < -0.39 is 0 Å². The van der Waals surface area contributed by atoms with E-state index in [0.29, 0.717) is 13.1 Å². The van der Waals surface area contributed by atoms with Crippen molar-refractivity contribution in [1.82, 2.24) is 16.0 Å². The summed E-state index contributed by atoms with van der Waals surface area (Å²) in [6.45, 7) is 5.87. The van der Waals surface area contributed by atoms with Gasteiger partial charge in [0.15, 0.2) is 5.96 Å². The standard InChI is InChI=1S/C15H30N4O2/c1-3-16-15(18-9-5-4-6-12-21-2)19-11-10-17-14(20)13-7-8-13/h13H,3-12H2,1-2H3,(H,17,20)(H2,16,18,19). The number of hydrogen-bond acceptors (Lipinski definition) is 3. The first-order valence-corrected chi connectivity index (χ1v) is 8.06. The van der Waals surface area contributed by atoms with Crippen molar-refractivity contribution in [3.05, 3.63) is 0 Å². The van der Waals surface area contributed by atoms with Gasteiger partial charge in [-0.15, -0.1) is 0 Å². The molecule has 1 aliphatic carbocycles. The molecule has 0 aromatic carbocycles. The second-order valence-electron chi connectivity index (χ2n) is 5.31. The Morgan fingerprint density at radius 1 is 1.14 bits per heavy atom. The average Bonchev–Trinajstić information content (AvgIpc) is 3.31. The summed E-state index contributed by atoms with van der Waals surface area (Å²) in [5.74, 6) is 1.29. The molecule has 0 bridgehead atoms. The van der Waals surface area contributed by atoms with Crippen LogP contribution >= 0.6 is 0 Å². The zero-order valence-corrected chi connectivity index (χ0v) is 13.4. The number of rotatable bonds is 11. The van der Waals surface area contributed by atoms with Crippen molar-refractivity contribution in [3.63, 3.8) is 0 Å². The van der Waals surface area contributed by atoms with Crippen molar-refractivity contribution < 1.29 is 9.53 Å². The zero-order valence-electron chi connectivity index (χ0n) is 13.4. The number of methoxy groups -OCH3 is 1. The van der Waals surface area contributed by atoms with Gasteiger partial charge in [0.25, 0.3) is 0 Å². The molecular weight excluding hydrogens is 268 g/mol. The van der Waals surface area contributed by atoms with E-state index in [2.05, 4.69) is 20.9 Å². The number of amides is 1. The first kappa shape index (κ1) is 17.8. The highest BCUT2D eigenvalue weighted by atomic mass is 16.5. The van der Waals surface area contributed by atoms with Gasteiger partial charge in [0, 0.05) is 45.8 Å². The Hall–Kier alpha value is -1.30. The Morgan fingerprint density at radius 3 is 2.57 bits per heavy atom. The van der Waals surface area contributed by atoms with Gasteiger partial charge in [-0.05, 0) is 39.0 Å². The highest BCUT2D eigenvalue weighted by Gasteiger charge is 2.28. The molecule has 6 nitrogen and oxygen atoms in total. The minimum Gasteiger partial charge on any atom is -0.385 e. The number of carbonyl (C=O) groups is 1. The first-order valence-electron chi connectivity index (χ1n) is 8.06. The van der Waals surface area contributed by atoms with Crippen molar-refractivity contribution in [1.29, 1.82) is 0 Å². The summed E-state index contributed by atoms with van der Waals surface area (Å²) in [5.41, 5.74) is 0. The minimum absolute atomic E-state index is 0.192. The van der Waals surface area contributed by atoms with Crippen LogP contribution in [0.5, 0.6) is 0 Å². The lowest BCUT2D eigenvalue weighted by Gasteiger charge is -2.11. The maximum absolute atomic E-state index is 11.5. The largest absolute Gasteiger partial charge is 0.385 e. The highest BCUT2D eigenvalue weighted by molar-refractivity contribution is 5.81. The first-order chi connectivity index (χ1) is 10.3. The number of aliphatic imine (C=N–C) groups is 1. The van der Waals surface area contributed by atoms with E-state index in [1.54, 1.807) is 7.11 Å². The van der Waals surface area contributed by atoms with Gasteiger partial charge in [0.05, 0.1) is 0 Å². The summed E-state index contributed by atoms with van der Waals surface area (Å²) in [5, 5.41) is 9.38. The maximum atomic E-state index is 11.5. The van der Waals surface area contributed by atoms with Crippen LogP contribution in [0.2, 0.25) is 0 Å². The van der Waals surface area contributed by atoms with E-state index in [0.717, 1.165) is 57.8 Å². The lowest BCUT2D eigenvalue weighted by atomic mass is 10.2. The molecule has 1 amide bonds. The number of unbranched alkanes of at least 4 members (excludes halogenated alkanes) is 2. The van der Waals surface area contributed by atoms with Gasteiger partial charge in [-0.3, -0.25) is 9.79 Å². The van der Waals surface area contributed by atoms with Gasteiger partial charge in [-0.1, -0.05) is 0 Å². The predicted molar refractivity (Wildman–Crippen MR) is 85.4 cm³/mol. The van der Waals surface area contributed by atoms with E-state index in [9.17, 15) is 4.79 Å². The van der Waals surface area contributed by atoms with E-state index in [1.807, 2.05) is 6.92 Å².